The summed E-state index contributed by atoms with van der Waals surface area (Å²) < 4.78 is 0. The maximum absolute atomic E-state index is 13.7. The molecule has 0 saturated heterocycles. The molecule has 1 unspecified atom stereocenters. The van der Waals surface area contributed by atoms with Gasteiger partial charge in [-0.05, 0) is 42.2 Å². The summed E-state index contributed by atoms with van der Waals surface area (Å²) in [7, 11) is 0. The van der Waals surface area contributed by atoms with Gasteiger partial charge in [-0.2, -0.15) is 0 Å². The average molecular weight is 494 g/mol. The quantitative estimate of drug-likeness (QED) is 0.166. The van der Waals surface area contributed by atoms with E-state index in [0.29, 0.717) is 25.2 Å². The summed E-state index contributed by atoms with van der Waals surface area (Å²) in [5.74, 6) is 4.98. The van der Waals surface area contributed by atoms with Gasteiger partial charge in [0.2, 0.25) is 11.8 Å². The van der Waals surface area contributed by atoms with Gasteiger partial charge < -0.3 is 0 Å². The maximum atomic E-state index is 13.7. The molecule has 6 nitrogen and oxygen atoms in total. The van der Waals surface area contributed by atoms with Gasteiger partial charge in [-0.15, -0.1) is 0 Å². The molecule has 0 aliphatic heterocycles. The maximum Gasteiger partial charge on any atom is 0.248 e. The van der Waals surface area contributed by atoms with E-state index in [-0.39, 0.29) is 24.3 Å². The van der Waals surface area contributed by atoms with E-state index < -0.39 is 11.3 Å². The third-order valence-corrected chi connectivity index (χ3v) is 6.88. The van der Waals surface area contributed by atoms with Gasteiger partial charge in [0.05, 0.1) is 17.9 Å². The van der Waals surface area contributed by atoms with Crippen molar-refractivity contribution in [1.82, 2.24) is 10.9 Å². The zero-order valence-electron chi connectivity index (χ0n) is 22.2. The monoisotopic (exact) mass is 493 g/mol. The van der Waals surface area contributed by atoms with Crippen LogP contribution in [0.5, 0.6) is 0 Å². The third kappa shape index (κ3) is 8.61. The Morgan fingerprint density at radius 2 is 1.58 bits per heavy atom. The second-order valence-electron chi connectivity index (χ2n) is 9.96. The van der Waals surface area contributed by atoms with Crippen LogP contribution in [0.2, 0.25) is 0 Å². The highest BCUT2D eigenvalue weighted by Crippen LogP contribution is 2.44. The average Bonchev–Trinajstić information content (AvgIpc) is 2.89. The predicted octanol–water partition coefficient (Wildman–Crippen LogP) is 5.80. The van der Waals surface area contributed by atoms with E-state index in [1.54, 1.807) is 0 Å². The molecule has 196 valence electrons. The Kier molecular flexibility index (Phi) is 12.4. The summed E-state index contributed by atoms with van der Waals surface area (Å²) in [6, 6.07) is 19.6. The second kappa shape index (κ2) is 15.2. The fourth-order valence-electron chi connectivity index (χ4n) is 5.00. The number of benzene rings is 2. The van der Waals surface area contributed by atoms with Crippen molar-refractivity contribution < 1.29 is 14.4 Å². The van der Waals surface area contributed by atoms with Crippen LogP contribution in [0.4, 0.5) is 0 Å². The minimum atomic E-state index is -0.971. The Labute approximate surface area is 216 Å². The van der Waals surface area contributed by atoms with Gasteiger partial charge in [0.1, 0.15) is 0 Å². The summed E-state index contributed by atoms with van der Waals surface area (Å²) in [5.41, 5.74) is 6.07. The topological polar surface area (TPSA) is 93.5 Å². The molecule has 6 heteroatoms. The zero-order valence-corrected chi connectivity index (χ0v) is 22.2. The smallest absolute Gasteiger partial charge is 0.248 e. The Hall–Kier alpha value is -2.96. The molecule has 2 aromatic rings. The van der Waals surface area contributed by atoms with Crippen LogP contribution in [0, 0.1) is 23.2 Å². The van der Waals surface area contributed by atoms with Crippen LogP contribution >= 0.6 is 0 Å². The van der Waals surface area contributed by atoms with Gasteiger partial charge in [0.25, 0.3) is 0 Å². The number of amides is 2. The third-order valence-electron chi connectivity index (χ3n) is 6.88. The predicted molar refractivity (Wildman–Crippen MR) is 146 cm³/mol. The molecule has 0 radical (unpaired) electrons. The van der Waals surface area contributed by atoms with Crippen LogP contribution in [0.15, 0.2) is 66.7 Å². The zero-order chi connectivity index (χ0) is 26.4. The summed E-state index contributed by atoms with van der Waals surface area (Å²) in [4.78, 5) is 32.8. The molecule has 2 aromatic carbocycles. The van der Waals surface area contributed by atoms with E-state index in [9.17, 15) is 9.59 Å². The molecule has 0 saturated carbocycles. The van der Waals surface area contributed by atoms with Crippen LogP contribution in [0.1, 0.15) is 70.9 Å². The lowest BCUT2D eigenvalue weighted by atomic mass is 9.63. The van der Waals surface area contributed by atoms with Gasteiger partial charge in [-0.25, -0.2) is 11.3 Å². The Morgan fingerprint density at radius 3 is 2.14 bits per heavy atom. The number of hydrogen-bond donors (Lipinski definition) is 3. The standard InChI is InChI=1S/C30H43N3O3/c1-5-24(6-2)21-30(20-23(3)4,29(35)32-31)27(19-13-18-25-14-9-7-10-15-25)28(34)33-36-22-26-16-11-8-12-17-26/h7-18,23-24,27H,5-6,19-22,31H2,1-4H3,(H,32,35)(H,33,34)/b18-13+/t27?,30-/m1/s1. The van der Waals surface area contributed by atoms with Crippen LogP contribution < -0.4 is 16.7 Å². The van der Waals surface area contributed by atoms with Gasteiger partial charge >= 0.3 is 0 Å². The van der Waals surface area contributed by atoms with E-state index in [0.717, 1.165) is 24.0 Å². The van der Waals surface area contributed by atoms with E-state index in [4.69, 9.17) is 10.7 Å². The fourth-order valence-corrected chi connectivity index (χ4v) is 5.00. The van der Waals surface area contributed by atoms with Crippen LogP contribution in [0.3, 0.4) is 0 Å². The number of nitrogens with one attached hydrogen (secondary N) is 2. The molecule has 2 amide bonds. The minimum Gasteiger partial charge on any atom is -0.294 e. The normalized spacial score (nSPS) is 14.1. The molecule has 0 bridgehead atoms. The number of hydroxylamine groups is 1. The van der Waals surface area contributed by atoms with Crippen molar-refractivity contribution in [2.45, 2.75) is 66.4 Å². The lowest BCUT2D eigenvalue weighted by molar-refractivity contribution is -0.153. The number of hydrazine groups is 1. The Balaban J connectivity index is 2.40. The number of carbonyl (C=O) groups excluding carboxylic acids is 2. The molecule has 36 heavy (non-hydrogen) atoms. The fraction of sp³-hybridized carbons (Fsp3) is 0.467. The largest absolute Gasteiger partial charge is 0.294 e. The van der Waals surface area contributed by atoms with Crippen molar-refractivity contribution in [1.29, 1.82) is 0 Å². The van der Waals surface area contributed by atoms with Crippen molar-refractivity contribution in [2.24, 2.45) is 29.0 Å². The lowest BCUT2D eigenvalue weighted by Crippen LogP contribution is -2.54. The highest BCUT2D eigenvalue weighted by Gasteiger charge is 2.49. The van der Waals surface area contributed by atoms with E-state index in [2.05, 4.69) is 38.6 Å². The highest BCUT2D eigenvalue weighted by atomic mass is 16.6. The molecule has 2 atom stereocenters. The lowest BCUT2D eigenvalue weighted by Gasteiger charge is -2.41. The van der Waals surface area contributed by atoms with E-state index >= 15 is 0 Å². The molecule has 0 aliphatic carbocycles. The van der Waals surface area contributed by atoms with E-state index in [1.807, 2.05) is 72.8 Å². The Bertz CT molecular complexity index is 942. The van der Waals surface area contributed by atoms with Crippen molar-refractivity contribution in [2.75, 3.05) is 0 Å². The number of allylic oxidation sites excluding steroid dienone is 1. The first-order valence-corrected chi connectivity index (χ1v) is 13.0. The molecular weight excluding hydrogens is 450 g/mol. The molecule has 2 rings (SSSR count). The van der Waals surface area contributed by atoms with Gasteiger partial charge in [0.15, 0.2) is 0 Å². The first-order valence-electron chi connectivity index (χ1n) is 13.0. The first-order chi connectivity index (χ1) is 17.4. The van der Waals surface area contributed by atoms with Crippen LogP contribution in [-0.2, 0) is 21.0 Å². The molecule has 4 N–H and O–H groups in total. The SMILES string of the molecule is CCC(CC)C[C@@](CC(C)C)(C(=O)NN)C(C/C=C/c1ccccc1)C(=O)NOCc1ccccc1. The molecule has 0 aliphatic rings. The Morgan fingerprint density at radius 1 is 0.972 bits per heavy atom. The first kappa shape index (κ1) is 29.3. The molecule has 0 fully saturated rings. The van der Waals surface area contributed by atoms with Gasteiger partial charge in [-0.1, -0.05) is 113 Å². The van der Waals surface area contributed by atoms with E-state index in [1.165, 1.54) is 0 Å². The number of carbonyl (C=O) groups is 2. The minimum absolute atomic E-state index is 0.190. The number of hydrogen-bond acceptors (Lipinski definition) is 4. The number of nitrogens with two attached hydrogens (primary N) is 1. The molecule has 0 spiro atoms. The van der Waals surface area contributed by atoms with Crippen molar-refractivity contribution in [3.8, 4) is 0 Å². The van der Waals surface area contributed by atoms with Gasteiger partial charge in [-0.3, -0.25) is 19.9 Å². The summed E-state index contributed by atoms with van der Waals surface area (Å²) in [5, 5.41) is 0. The van der Waals surface area contributed by atoms with Crippen LogP contribution in [0.25, 0.3) is 6.08 Å². The van der Waals surface area contributed by atoms with Crippen molar-refractivity contribution >= 4 is 17.9 Å². The van der Waals surface area contributed by atoms with Crippen LogP contribution in [-0.4, -0.2) is 11.8 Å². The molecule has 0 aromatic heterocycles. The summed E-state index contributed by atoms with van der Waals surface area (Å²) in [6.45, 7) is 8.65. The summed E-state index contributed by atoms with van der Waals surface area (Å²) >= 11 is 0. The summed E-state index contributed by atoms with van der Waals surface area (Å²) in [6.07, 6.45) is 7.32. The molecule has 0 heterocycles. The molecular formula is C30H43N3O3. The van der Waals surface area contributed by atoms with Crippen molar-refractivity contribution in [3.05, 3.63) is 77.9 Å². The van der Waals surface area contributed by atoms with Gasteiger partial charge in [0, 0.05) is 0 Å². The highest BCUT2D eigenvalue weighted by molar-refractivity contribution is 5.90. The second-order valence-corrected chi connectivity index (χ2v) is 9.96. The van der Waals surface area contributed by atoms with Crippen molar-refractivity contribution in [3.63, 3.8) is 0 Å². The number of rotatable bonds is 15.